The van der Waals surface area contributed by atoms with E-state index in [2.05, 4.69) is 10.0 Å². The van der Waals surface area contributed by atoms with Gasteiger partial charge in [0, 0.05) is 12.2 Å². The molecule has 24 heavy (non-hydrogen) atoms. The topological polar surface area (TPSA) is 111 Å². The Bertz CT molecular complexity index is 759. The zero-order valence-electron chi connectivity index (χ0n) is 13.1. The van der Waals surface area contributed by atoms with E-state index >= 15 is 0 Å². The molecule has 1 aromatic carbocycles. The lowest BCUT2D eigenvalue weighted by Gasteiger charge is -2.14. The molecule has 1 amide bonds. The molecule has 0 aliphatic carbocycles. The SMILES string of the molecule is CC(NS(=O)(=O)c1cccs1)C(=O)Nc1ccc(OCCN)cc1. The van der Waals surface area contributed by atoms with Crippen LogP contribution in [0.25, 0.3) is 0 Å². The van der Waals surface area contributed by atoms with Crippen molar-refractivity contribution in [3.8, 4) is 5.75 Å². The maximum absolute atomic E-state index is 12.1. The number of rotatable bonds is 8. The van der Waals surface area contributed by atoms with Crippen LogP contribution in [0.2, 0.25) is 0 Å². The van der Waals surface area contributed by atoms with Crippen molar-refractivity contribution >= 4 is 33.0 Å². The third-order valence-corrected chi connectivity index (χ3v) is 5.93. The number of nitrogens with one attached hydrogen (secondary N) is 2. The minimum atomic E-state index is -3.69. The molecule has 0 radical (unpaired) electrons. The van der Waals surface area contributed by atoms with Gasteiger partial charge in [-0.15, -0.1) is 11.3 Å². The number of benzene rings is 1. The van der Waals surface area contributed by atoms with E-state index in [0.29, 0.717) is 24.6 Å². The first-order chi connectivity index (χ1) is 11.4. The van der Waals surface area contributed by atoms with Crippen LogP contribution in [0.5, 0.6) is 5.75 Å². The van der Waals surface area contributed by atoms with E-state index < -0.39 is 22.0 Å². The molecule has 1 heterocycles. The number of hydrogen-bond donors (Lipinski definition) is 3. The smallest absolute Gasteiger partial charge is 0.250 e. The first-order valence-electron chi connectivity index (χ1n) is 7.22. The Morgan fingerprint density at radius 2 is 2.00 bits per heavy atom. The number of hydrogen-bond acceptors (Lipinski definition) is 6. The van der Waals surface area contributed by atoms with Crippen LogP contribution < -0.4 is 20.5 Å². The molecule has 9 heteroatoms. The Hall–Kier alpha value is -1.94. The fourth-order valence-corrected chi connectivity index (χ4v) is 4.03. The van der Waals surface area contributed by atoms with E-state index in [0.717, 1.165) is 11.3 Å². The lowest BCUT2D eigenvalue weighted by Crippen LogP contribution is -2.41. The molecule has 0 saturated heterocycles. The van der Waals surface area contributed by atoms with Gasteiger partial charge in [0.2, 0.25) is 5.91 Å². The Labute approximate surface area is 144 Å². The van der Waals surface area contributed by atoms with Gasteiger partial charge in [-0.25, -0.2) is 8.42 Å². The molecule has 7 nitrogen and oxygen atoms in total. The van der Waals surface area contributed by atoms with Gasteiger partial charge < -0.3 is 15.8 Å². The van der Waals surface area contributed by atoms with E-state index in [1.807, 2.05) is 0 Å². The number of carbonyl (C=O) groups excluding carboxylic acids is 1. The zero-order chi connectivity index (χ0) is 17.6. The fraction of sp³-hybridized carbons (Fsp3) is 0.267. The summed E-state index contributed by atoms with van der Waals surface area (Å²) in [6, 6.07) is 8.95. The summed E-state index contributed by atoms with van der Waals surface area (Å²) in [5.74, 6) is 0.190. The molecule has 0 aliphatic rings. The van der Waals surface area contributed by atoms with Gasteiger partial charge in [0.15, 0.2) is 0 Å². The summed E-state index contributed by atoms with van der Waals surface area (Å²) in [6.45, 7) is 2.31. The summed E-state index contributed by atoms with van der Waals surface area (Å²) in [5.41, 5.74) is 5.90. The molecule has 0 fully saturated rings. The molecule has 0 bridgehead atoms. The molecule has 0 saturated carbocycles. The largest absolute Gasteiger partial charge is 0.492 e. The standard InChI is InChI=1S/C15H19N3O4S2/c1-11(18-24(20,21)14-3-2-10-23-14)15(19)17-12-4-6-13(7-5-12)22-9-8-16/h2-7,10-11,18H,8-9,16H2,1H3,(H,17,19). The third kappa shape index (κ3) is 5.03. The Morgan fingerprint density at radius 3 is 2.58 bits per heavy atom. The fourth-order valence-electron chi connectivity index (χ4n) is 1.82. The molecule has 130 valence electrons. The second kappa shape index (κ2) is 8.25. The Morgan fingerprint density at radius 1 is 1.29 bits per heavy atom. The number of anilines is 1. The number of nitrogens with two attached hydrogens (primary N) is 1. The molecule has 2 rings (SSSR count). The molecule has 0 spiro atoms. The second-order valence-electron chi connectivity index (χ2n) is 4.93. The summed E-state index contributed by atoms with van der Waals surface area (Å²) >= 11 is 1.09. The van der Waals surface area contributed by atoms with Crippen molar-refractivity contribution in [2.45, 2.75) is 17.2 Å². The molecular weight excluding hydrogens is 350 g/mol. The van der Waals surface area contributed by atoms with E-state index in [4.69, 9.17) is 10.5 Å². The Balaban J connectivity index is 1.94. The van der Waals surface area contributed by atoms with Crippen LogP contribution in [-0.2, 0) is 14.8 Å². The van der Waals surface area contributed by atoms with Gasteiger partial charge in [-0.1, -0.05) is 6.07 Å². The van der Waals surface area contributed by atoms with E-state index in [1.165, 1.54) is 13.0 Å². The van der Waals surface area contributed by atoms with E-state index in [9.17, 15) is 13.2 Å². The maximum Gasteiger partial charge on any atom is 0.250 e. The molecular formula is C15H19N3O4S2. The second-order valence-corrected chi connectivity index (χ2v) is 7.81. The van der Waals surface area contributed by atoms with Crippen molar-refractivity contribution in [3.63, 3.8) is 0 Å². The highest BCUT2D eigenvalue weighted by molar-refractivity contribution is 7.91. The first-order valence-corrected chi connectivity index (χ1v) is 9.58. The normalized spacial score (nSPS) is 12.6. The lowest BCUT2D eigenvalue weighted by molar-refractivity contribution is -0.117. The van der Waals surface area contributed by atoms with Gasteiger partial charge in [-0.05, 0) is 42.6 Å². The Kier molecular flexibility index (Phi) is 6.32. The molecule has 1 aromatic heterocycles. The van der Waals surface area contributed by atoms with Crippen LogP contribution in [0.3, 0.4) is 0 Å². The minimum absolute atomic E-state index is 0.170. The summed E-state index contributed by atoms with van der Waals surface area (Å²) in [5, 5.41) is 4.31. The molecule has 2 aromatic rings. The van der Waals surface area contributed by atoms with Gasteiger partial charge in [-0.2, -0.15) is 4.72 Å². The van der Waals surface area contributed by atoms with Gasteiger partial charge in [-0.3, -0.25) is 4.79 Å². The van der Waals surface area contributed by atoms with Crippen LogP contribution in [0.1, 0.15) is 6.92 Å². The summed E-state index contributed by atoms with van der Waals surface area (Å²) in [6.07, 6.45) is 0. The van der Waals surface area contributed by atoms with Crippen LogP contribution in [0, 0.1) is 0 Å². The lowest BCUT2D eigenvalue weighted by atomic mass is 10.2. The summed E-state index contributed by atoms with van der Waals surface area (Å²) in [4.78, 5) is 12.1. The van der Waals surface area contributed by atoms with Gasteiger partial charge >= 0.3 is 0 Å². The average molecular weight is 369 g/mol. The van der Waals surface area contributed by atoms with Crippen molar-refractivity contribution in [2.24, 2.45) is 5.73 Å². The predicted molar refractivity (Wildman–Crippen MR) is 93.7 cm³/mol. The molecule has 4 N–H and O–H groups in total. The van der Waals surface area contributed by atoms with Crippen molar-refractivity contribution in [2.75, 3.05) is 18.5 Å². The van der Waals surface area contributed by atoms with Crippen LogP contribution >= 0.6 is 11.3 Å². The highest BCUT2D eigenvalue weighted by Gasteiger charge is 2.22. The highest BCUT2D eigenvalue weighted by Crippen LogP contribution is 2.17. The summed E-state index contributed by atoms with van der Waals surface area (Å²) in [7, 11) is -3.69. The van der Waals surface area contributed by atoms with Crippen molar-refractivity contribution in [1.82, 2.24) is 4.72 Å². The average Bonchev–Trinajstić information content (AvgIpc) is 3.09. The van der Waals surface area contributed by atoms with Gasteiger partial charge in [0.25, 0.3) is 10.0 Å². The quantitative estimate of drug-likeness (QED) is 0.651. The number of ether oxygens (including phenoxy) is 1. The van der Waals surface area contributed by atoms with Crippen LogP contribution in [-0.4, -0.2) is 33.5 Å². The molecule has 1 atom stereocenters. The predicted octanol–water partition coefficient (Wildman–Crippen LogP) is 1.39. The van der Waals surface area contributed by atoms with Gasteiger partial charge in [0.05, 0.1) is 6.04 Å². The first kappa shape index (κ1) is 18.4. The highest BCUT2D eigenvalue weighted by atomic mass is 32.2. The van der Waals surface area contributed by atoms with Crippen molar-refractivity contribution in [1.29, 1.82) is 0 Å². The van der Waals surface area contributed by atoms with Gasteiger partial charge in [0.1, 0.15) is 16.6 Å². The number of sulfonamides is 1. The van der Waals surface area contributed by atoms with Crippen LogP contribution in [0.4, 0.5) is 5.69 Å². The minimum Gasteiger partial charge on any atom is -0.492 e. The van der Waals surface area contributed by atoms with Crippen molar-refractivity contribution < 1.29 is 17.9 Å². The maximum atomic E-state index is 12.1. The zero-order valence-corrected chi connectivity index (χ0v) is 14.7. The molecule has 0 aliphatic heterocycles. The number of thiophene rings is 1. The van der Waals surface area contributed by atoms with E-state index in [-0.39, 0.29) is 4.21 Å². The monoisotopic (exact) mass is 369 g/mol. The third-order valence-electron chi connectivity index (χ3n) is 2.99. The number of carbonyl (C=O) groups is 1. The van der Waals surface area contributed by atoms with Crippen molar-refractivity contribution in [3.05, 3.63) is 41.8 Å². The molecule has 1 unspecified atom stereocenters. The van der Waals surface area contributed by atoms with Crippen LogP contribution in [0.15, 0.2) is 46.0 Å². The number of amides is 1. The summed E-state index contributed by atoms with van der Waals surface area (Å²) < 4.78 is 32.1. The van der Waals surface area contributed by atoms with E-state index in [1.54, 1.807) is 35.7 Å².